The highest BCUT2D eigenvalue weighted by atomic mass is 127. The summed E-state index contributed by atoms with van der Waals surface area (Å²) >= 11 is 2.31. The Kier molecular flexibility index (Phi) is 3.92. The highest BCUT2D eigenvalue weighted by molar-refractivity contribution is 14.1. The monoisotopic (exact) mass is 365 g/mol. The van der Waals surface area contributed by atoms with E-state index < -0.39 is 0 Å². The molecule has 0 atom stereocenters. The summed E-state index contributed by atoms with van der Waals surface area (Å²) in [6, 6.07) is 14.8. The maximum Gasteiger partial charge on any atom is 0.143 e. The van der Waals surface area contributed by atoms with Gasteiger partial charge in [-0.25, -0.2) is 0 Å². The summed E-state index contributed by atoms with van der Waals surface area (Å²) < 4.78 is 7.22. The predicted octanol–water partition coefficient (Wildman–Crippen LogP) is 4.23. The van der Waals surface area contributed by atoms with E-state index in [0.717, 1.165) is 18.7 Å². The number of aryl methyl sites for hydroxylation is 1. The molecule has 0 saturated carbocycles. The summed E-state index contributed by atoms with van der Waals surface area (Å²) in [7, 11) is 0. The fraction of sp³-hybridized carbons (Fsp3) is 0.250. The lowest BCUT2D eigenvalue weighted by atomic mass is 10.0. The first-order valence-electron chi connectivity index (χ1n) is 6.56. The number of hydrogen-bond donors (Lipinski definition) is 1. The van der Waals surface area contributed by atoms with Crippen LogP contribution in [0.15, 0.2) is 42.5 Å². The van der Waals surface area contributed by atoms with E-state index in [1.165, 1.54) is 26.8 Å². The van der Waals surface area contributed by atoms with Crippen LogP contribution in [0.4, 0.5) is 5.69 Å². The first-order chi connectivity index (χ1) is 9.33. The summed E-state index contributed by atoms with van der Waals surface area (Å²) in [4.78, 5) is 0. The number of para-hydroxylation sites is 1. The lowest BCUT2D eigenvalue weighted by molar-refractivity contribution is 0.307. The topological polar surface area (TPSA) is 21.3 Å². The van der Waals surface area contributed by atoms with Gasteiger partial charge in [0.2, 0.25) is 0 Å². The van der Waals surface area contributed by atoms with E-state index in [9.17, 15) is 0 Å². The summed E-state index contributed by atoms with van der Waals surface area (Å²) in [6.45, 7) is 1.66. The van der Waals surface area contributed by atoms with Crippen molar-refractivity contribution < 1.29 is 4.74 Å². The zero-order valence-corrected chi connectivity index (χ0v) is 12.8. The van der Waals surface area contributed by atoms with Crippen LogP contribution >= 0.6 is 22.6 Å². The summed E-state index contributed by atoms with van der Waals surface area (Å²) in [5, 5.41) is 3.45. The molecule has 2 aromatic rings. The Balaban J connectivity index is 1.75. The van der Waals surface area contributed by atoms with Gasteiger partial charge < -0.3 is 10.1 Å². The number of rotatable bonds is 3. The van der Waals surface area contributed by atoms with E-state index >= 15 is 0 Å². The first-order valence-corrected chi connectivity index (χ1v) is 7.64. The zero-order chi connectivity index (χ0) is 13.1. The molecular formula is C16H16INO. The molecule has 2 nitrogen and oxygen atoms in total. The van der Waals surface area contributed by atoms with Crippen molar-refractivity contribution in [2.24, 2.45) is 0 Å². The molecule has 0 spiro atoms. The number of halogens is 1. The largest absolute Gasteiger partial charge is 0.487 e. The lowest BCUT2D eigenvalue weighted by Crippen LogP contribution is -2.13. The maximum absolute atomic E-state index is 5.97. The van der Waals surface area contributed by atoms with E-state index in [1.807, 2.05) is 6.07 Å². The van der Waals surface area contributed by atoms with Crippen LogP contribution in [-0.2, 0) is 13.0 Å². The standard InChI is InChI=1S/C16H16INO/c17-14-8-6-12(7-9-14)11-19-15-5-1-3-13-4-2-10-18-16(13)15/h1,3,5-9,18H,2,4,10-11H2. The van der Waals surface area contributed by atoms with E-state index in [2.05, 4.69) is 64.3 Å². The molecule has 2 aromatic carbocycles. The second-order valence-electron chi connectivity index (χ2n) is 4.74. The van der Waals surface area contributed by atoms with Gasteiger partial charge in [-0.3, -0.25) is 0 Å². The molecule has 3 heteroatoms. The van der Waals surface area contributed by atoms with Gasteiger partial charge in [-0.15, -0.1) is 0 Å². The quantitative estimate of drug-likeness (QED) is 0.823. The Bertz CT molecular complexity index is 565. The minimum Gasteiger partial charge on any atom is -0.487 e. The molecule has 1 heterocycles. The van der Waals surface area contributed by atoms with Crippen LogP contribution in [0.5, 0.6) is 5.75 Å². The minimum absolute atomic E-state index is 0.620. The van der Waals surface area contributed by atoms with Gasteiger partial charge in [-0.05, 0) is 64.8 Å². The SMILES string of the molecule is Ic1ccc(COc2cccc3c2NCCC3)cc1. The molecule has 98 valence electrons. The Labute approximate surface area is 127 Å². The van der Waals surface area contributed by atoms with Crippen LogP contribution in [0.3, 0.4) is 0 Å². The van der Waals surface area contributed by atoms with Crippen molar-refractivity contribution in [3.63, 3.8) is 0 Å². The van der Waals surface area contributed by atoms with Gasteiger partial charge in [0, 0.05) is 10.1 Å². The van der Waals surface area contributed by atoms with Gasteiger partial charge in [0.05, 0.1) is 5.69 Å². The number of fused-ring (bicyclic) bond motifs is 1. The molecule has 1 N–H and O–H groups in total. The van der Waals surface area contributed by atoms with Gasteiger partial charge in [0.25, 0.3) is 0 Å². The van der Waals surface area contributed by atoms with Crippen molar-refractivity contribution in [2.45, 2.75) is 19.4 Å². The second-order valence-corrected chi connectivity index (χ2v) is 5.98. The van der Waals surface area contributed by atoms with Crippen molar-refractivity contribution in [1.82, 2.24) is 0 Å². The Morgan fingerprint density at radius 1 is 1.11 bits per heavy atom. The van der Waals surface area contributed by atoms with Gasteiger partial charge >= 0.3 is 0 Å². The Morgan fingerprint density at radius 3 is 2.79 bits per heavy atom. The molecule has 0 aliphatic carbocycles. The zero-order valence-electron chi connectivity index (χ0n) is 10.7. The third-order valence-corrected chi connectivity index (χ3v) is 4.06. The molecule has 0 saturated heterocycles. The van der Waals surface area contributed by atoms with E-state index in [4.69, 9.17) is 4.74 Å². The smallest absolute Gasteiger partial charge is 0.143 e. The molecular weight excluding hydrogens is 349 g/mol. The van der Waals surface area contributed by atoms with Crippen LogP contribution < -0.4 is 10.1 Å². The third kappa shape index (κ3) is 3.03. The van der Waals surface area contributed by atoms with E-state index in [0.29, 0.717) is 6.61 Å². The van der Waals surface area contributed by atoms with Crippen LogP contribution in [0.2, 0.25) is 0 Å². The summed E-state index contributed by atoms with van der Waals surface area (Å²) in [6.07, 6.45) is 2.34. The molecule has 0 aromatic heterocycles. The van der Waals surface area contributed by atoms with Crippen LogP contribution in [0.25, 0.3) is 0 Å². The van der Waals surface area contributed by atoms with Crippen molar-refractivity contribution >= 4 is 28.3 Å². The highest BCUT2D eigenvalue weighted by Gasteiger charge is 2.13. The number of nitrogens with one attached hydrogen (secondary N) is 1. The van der Waals surface area contributed by atoms with E-state index in [1.54, 1.807) is 0 Å². The average molecular weight is 365 g/mol. The van der Waals surface area contributed by atoms with Crippen molar-refractivity contribution in [3.05, 3.63) is 57.2 Å². The second kappa shape index (κ2) is 5.82. The average Bonchev–Trinajstić information content (AvgIpc) is 2.47. The molecule has 0 fully saturated rings. The summed E-state index contributed by atoms with van der Waals surface area (Å²) in [5.41, 5.74) is 3.75. The molecule has 1 aliphatic rings. The van der Waals surface area contributed by atoms with Crippen molar-refractivity contribution in [2.75, 3.05) is 11.9 Å². The van der Waals surface area contributed by atoms with E-state index in [-0.39, 0.29) is 0 Å². The Morgan fingerprint density at radius 2 is 1.95 bits per heavy atom. The summed E-state index contributed by atoms with van der Waals surface area (Å²) in [5.74, 6) is 0.968. The van der Waals surface area contributed by atoms with Gasteiger partial charge in [0.15, 0.2) is 0 Å². The number of anilines is 1. The molecule has 3 rings (SSSR count). The third-order valence-electron chi connectivity index (χ3n) is 3.34. The maximum atomic E-state index is 5.97. The minimum atomic E-state index is 0.620. The molecule has 1 aliphatic heterocycles. The molecule has 0 bridgehead atoms. The van der Waals surface area contributed by atoms with Crippen LogP contribution in [0, 0.1) is 3.57 Å². The predicted molar refractivity (Wildman–Crippen MR) is 86.7 cm³/mol. The van der Waals surface area contributed by atoms with Gasteiger partial charge in [-0.2, -0.15) is 0 Å². The Hall–Kier alpha value is -1.23. The number of ether oxygens (including phenoxy) is 1. The first kappa shape index (κ1) is 12.8. The normalized spacial score (nSPS) is 13.5. The van der Waals surface area contributed by atoms with Gasteiger partial charge in [-0.1, -0.05) is 24.3 Å². The molecule has 0 unspecified atom stereocenters. The lowest BCUT2D eigenvalue weighted by Gasteiger charge is -2.21. The fourth-order valence-corrected chi connectivity index (χ4v) is 2.70. The molecule has 19 heavy (non-hydrogen) atoms. The van der Waals surface area contributed by atoms with Crippen LogP contribution in [0.1, 0.15) is 17.5 Å². The van der Waals surface area contributed by atoms with Crippen molar-refractivity contribution in [1.29, 1.82) is 0 Å². The van der Waals surface area contributed by atoms with Crippen molar-refractivity contribution in [3.8, 4) is 5.75 Å². The highest BCUT2D eigenvalue weighted by Crippen LogP contribution is 2.32. The van der Waals surface area contributed by atoms with Gasteiger partial charge in [0.1, 0.15) is 12.4 Å². The molecule has 0 radical (unpaired) electrons. The number of benzene rings is 2. The fourth-order valence-electron chi connectivity index (χ4n) is 2.34. The molecule has 0 amide bonds. The van der Waals surface area contributed by atoms with Crippen LogP contribution in [-0.4, -0.2) is 6.54 Å². The number of hydrogen-bond acceptors (Lipinski definition) is 2.